The Hall–Kier alpha value is -0.200. The van der Waals surface area contributed by atoms with Crippen LogP contribution in [0.3, 0.4) is 0 Å². The lowest BCUT2D eigenvalue weighted by Crippen LogP contribution is -1.84. The minimum Gasteiger partial charge on any atom is -0.396 e. The molecule has 0 spiro atoms. The van der Waals surface area contributed by atoms with E-state index in [0.29, 0.717) is 33.0 Å². The van der Waals surface area contributed by atoms with Crippen LogP contribution in [0, 0.1) is 0 Å². The first-order valence-electron chi connectivity index (χ1n) is 30.1. The highest BCUT2D eigenvalue weighted by molar-refractivity contribution is 4.51. The van der Waals surface area contributed by atoms with Gasteiger partial charge in [0, 0.05) is 33.0 Å². The summed E-state index contributed by atoms with van der Waals surface area (Å²) in [6.45, 7) is 13.2. The van der Waals surface area contributed by atoms with Crippen LogP contribution in [-0.4, -0.2) is 58.6 Å². The van der Waals surface area contributed by atoms with Gasteiger partial charge < -0.3 is 25.5 Å². The summed E-state index contributed by atoms with van der Waals surface area (Å²) >= 11 is 0. The zero-order valence-corrected chi connectivity index (χ0v) is 46.1. The molecule has 5 N–H and O–H groups in total. The molecular weight excluding hydrogens is 801 g/mol. The molecule has 5 heteroatoms. The summed E-state index contributed by atoms with van der Waals surface area (Å²) in [4.78, 5) is 0. The maximum atomic E-state index is 8.57. The van der Waals surface area contributed by atoms with Crippen molar-refractivity contribution in [3.05, 3.63) is 0 Å². The number of hydrogen-bond donors (Lipinski definition) is 5. The quantitative estimate of drug-likeness (QED) is 0.0391. The molecule has 5 nitrogen and oxygen atoms in total. The van der Waals surface area contributed by atoms with Gasteiger partial charge in [0.25, 0.3) is 0 Å². The van der Waals surface area contributed by atoms with Crippen molar-refractivity contribution < 1.29 is 25.5 Å². The third-order valence-corrected chi connectivity index (χ3v) is 12.6. The summed E-state index contributed by atoms with van der Waals surface area (Å²) in [7, 11) is 0. The van der Waals surface area contributed by atoms with Crippen molar-refractivity contribution in [1.82, 2.24) is 0 Å². The Kier molecular flexibility index (Phi) is 95.1. The lowest BCUT2D eigenvalue weighted by molar-refractivity contribution is 0.282. The highest BCUT2D eigenvalue weighted by Crippen LogP contribution is 2.14. The van der Waals surface area contributed by atoms with Gasteiger partial charge in [-0.3, -0.25) is 0 Å². The first-order valence-corrected chi connectivity index (χ1v) is 30.1. The van der Waals surface area contributed by atoms with Gasteiger partial charge in [0.2, 0.25) is 0 Å². The minimum atomic E-state index is 0.372. The van der Waals surface area contributed by atoms with Gasteiger partial charge in [0.15, 0.2) is 0 Å². The Balaban J connectivity index is -0.000000231. The van der Waals surface area contributed by atoms with Gasteiger partial charge in [-0.2, -0.15) is 0 Å². The van der Waals surface area contributed by atoms with Gasteiger partial charge >= 0.3 is 0 Å². The van der Waals surface area contributed by atoms with Gasteiger partial charge in [-0.05, 0) is 32.1 Å². The zero-order valence-electron chi connectivity index (χ0n) is 46.1. The van der Waals surface area contributed by atoms with E-state index in [4.69, 9.17) is 25.5 Å². The second-order valence-corrected chi connectivity index (χ2v) is 19.5. The topological polar surface area (TPSA) is 101 Å². The van der Waals surface area contributed by atoms with Crippen molar-refractivity contribution in [1.29, 1.82) is 0 Å². The van der Waals surface area contributed by atoms with E-state index in [2.05, 4.69) is 34.6 Å². The number of aliphatic hydroxyl groups is 5. The molecule has 0 bridgehead atoms. The number of hydrogen-bond acceptors (Lipinski definition) is 5. The van der Waals surface area contributed by atoms with Crippen LogP contribution in [0.15, 0.2) is 0 Å². The van der Waals surface area contributed by atoms with E-state index in [1.54, 1.807) is 0 Å². The third-order valence-electron chi connectivity index (χ3n) is 12.6. The first-order chi connectivity index (χ1) is 32.1. The van der Waals surface area contributed by atoms with E-state index in [0.717, 1.165) is 32.1 Å². The fourth-order valence-electron chi connectivity index (χ4n) is 8.00. The molecule has 0 saturated heterocycles. The molecule has 0 heterocycles. The predicted octanol–water partition coefficient (Wildman–Crippen LogP) is 19.5. The molecule has 0 unspecified atom stereocenters. The summed E-state index contributed by atoms with van der Waals surface area (Å²) in [5.74, 6) is 0. The highest BCUT2D eigenvalue weighted by Gasteiger charge is 1.95. The molecular formula is C60H130O5. The summed E-state index contributed by atoms with van der Waals surface area (Å²) < 4.78 is 0. The minimum absolute atomic E-state index is 0.372. The van der Waals surface area contributed by atoms with Crippen LogP contribution in [0.25, 0.3) is 0 Å². The van der Waals surface area contributed by atoms with Crippen molar-refractivity contribution in [3.63, 3.8) is 0 Å². The molecule has 0 aromatic rings. The smallest absolute Gasteiger partial charge is 0.0431 e. The Morgan fingerprint density at radius 3 is 0.277 bits per heavy atom. The molecule has 0 rings (SSSR count). The first kappa shape index (κ1) is 73.8. The lowest BCUT2D eigenvalue weighted by atomic mass is 10.1. The Labute approximate surface area is 412 Å². The average Bonchev–Trinajstić information content (AvgIpc) is 3.32. The molecule has 0 fully saturated rings. The van der Waals surface area contributed by atoms with E-state index < -0.39 is 0 Å². The van der Waals surface area contributed by atoms with Gasteiger partial charge in [0.05, 0.1) is 0 Å². The summed E-state index contributed by atoms with van der Waals surface area (Å²) in [6.07, 6.45) is 66.5. The molecule has 0 radical (unpaired) electrons. The normalized spacial score (nSPS) is 10.6. The van der Waals surface area contributed by atoms with Gasteiger partial charge in [-0.25, -0.2) is 0 Å². The van der Waals surface area contributed by atoms with Gasteiger partial charge in [0.1, 0.15) is 0 Å². The second-order valence-electron chi connectivity index (χ2n) is 19.5. The Morgan fingerprint density at radius 2 is 0.200 bits per heavy atom. The van der Waals surface area contributed by atoms with E-state index in [1.807, 2.05) is 0 Å². The van der Waals surface area contributed by atoms with E-state index in [9.17, 15) is 0 Å². The number of unbranched alkanes of at least 4 members (excludes halogenated alkanes) is 45. The van der Waals surface area contributed by atoms with Crippen LogP contribution in [0.1, 0.15) is 356 Å². The van der Waals surface area contributed by atoms with Crippen LogP contribution in [-0.2, 0) is 0 Å². The van der Waals surface area contributed by atoms with Crippen LogP contribution < -0.4 is 0 Å². The maximum absolute atomic E-state index is 8.57. The standard InChI is InChI=1S/5C12H26O/c5*1-2-3-4-5-6-7-8-9-10-11-12-13/h5*13H,2-12H2,1H3. The molecule has 400 valence electrons. The monoisotopic (exact) mass is 931 g/mol. The molecule has 0 amide bonds. The second kappa shape index (κ2) is 83.8. The maximum Gasteiger partial charge on any atom is 0.0431 e. The molecule has 0 aliphatic carbocycles. The van der Waals surface area contributed by atoms with Crippen molar-refractivity contribution in [3.8, 4) is 0 Å². The molecule has 0 aliphatic heterocycles. The molecule has 0 aromatic heterocycles. The fourth-order valence-corrected chi connectivity index (χ4v) is 8.00. The molecule has 0 atom stereocenters. The van der Waals surface area contributed by atoms with E-state index >= 15 is 0 Å². The van der Waals surface area contributed by atoms with Crippen LogP contribution >= 0.6 is 0 Å². The molecule has 65 heavy (non-hydrogen) atoms. The lowest BCUT2D eigenvalue weighted by Gasteiger charge is -2.00. The number of aliphatic hydroxyl groups excluding tert-OH is 5. The third kappa shape index (κ3) is 98.3. The predicted molar refractivity (Wildman–Crippen MR) is 295 cm³/mol. The molecule has 0 saturated carbocycles. The Morgan fingerprint density at radius 1 is 0.123 bits per heavy atom. The van der Waals surface area contributed by atoms with Crippen molar-refractivity contribution in [2.45, 2.75) is 356 Å². The van der Waals surface area contributed by atoms with E-state index in [-0.39, 0.29) is 0 Å². The summed E-state index contributed by atoms with van der Waals surface area (Å²) in [6, 6.07) is 0. The van der Waals surface area contributed by atoms with Crippen LogP contribution in [0.5, 0.6) is 0 Å². The van der Waals surface area contributed by atoms with Crippen LogP contribution in [0.4, 0.5) is 0 Å². The summed E-state index contributed by atoms with van der Waals surface area (Å²) in [5.41, 5.74) is 0. The Bertz CT molecular complexity index is 484. The zero-order chi connectivity index (χ0) is 48.9. The van der Waals surface area contributed by atoms with Gasteiger partial charge in [-0.1, -0.05) is 324 Å². The van der Waals surface area contributed by atoms with Crippen molar-refractivity contribution in [2.75, 3.05) is 33.0 Å². The largest absolute Gasteiger partial charge is 0.396 e. The summed E-state index contributed by atoms with van der Waals surface area (Å²) in [5, 5.41) is 42.8. The molecule has 0 aromatic carbocycles. The van der Waals surface area contributed by atoms with Crippen molar-refractivity contribution in [2.24, 2.45) is 0 Å². The fraction of sp³-hybridized carbons (Fsp3) is 1.00. The van der Waals surface area contributed by atoms with Gasteiger partial charge in [-0.15, -0.1) is 0 Å². The highest BCUT2D eigenvalue weighted by atomic mass is 16.3. The van der Waals surface area contributed by atoms with E-state index in [1.165, 1.54) is 289 Å². The SMILES string of the molecule is CCCCCCCCCCCCO.CCCCCCCCCCCCO.CCCCCCCCCCCCO.CCCCCCCCCCCCO.CCCCCCCCCCCCO. The van der Waals surface area contributed by atoms with Crippen LogP contribution in [0.2, 0.25) is 0 Å². The molecule has 0 aliphatic rings. The van der Waals surface area contributed by atoms with Crippen molar-refractivity contribution >= 4 is 0 Å². The number of rotatable bonds is 50. The average molecular weight is 932 g/mol.